The third-order valence-corrected chi connectivity index (χ3v) is 1.87. The molecule has 0 unspecified atom stereocenters. The highest BCUT2D eigenvalue weighted by Gasteiger charge is 2.06. The standard InChI is InChI=1S/C8H10N4O/c9-3-7(13)6-4-10-8-1-2-11-12(8)5-6/h1-2,4-5,7,13H,3,9H2/t7-/m0/s1. The van der Waals surface area contributed by atoms with Crippen LogP contribution in [-0.4, -0.2) is 26.2 Å². The zero-order valence-electron chi connectivity index (χ0n) is 6.96. The van der Waals surface area contributed by atoms with Gasteiger partial charge in [-0.1, -0.05) is 0 Å². The van der Waals surface area contributed by atoms with Crippen molar-refractivity contribution < 1.29 is 5.11 Å². The van der Waals surface area contributed by atoms with Gasteiger partial charge in [-0.3, -0.25) is 0 Å². The molecule has 0 aromatic carbocycles. The van der Waals surface area contributed by atoms with Gasteiger partial charge in [0, 0.05) is 30.6 Å². The van der Waals surface area contributed by atoms with E-state index in [2.05, 4.69) is 10.1 Å². The quantitative estimate of drug-likeness (QED) is 0.663. The molecule has 13 heavy (non-hydrogen) atoms. The monoisotopic (exact) mass is 178 g/mol. The Kier molecular flexibility index (Phi) is 1.96. The Balaban J connectivity index is 2.48. The van der Waals surface area contributed by atoms with E-state index in [4.69, 9.17) is 5.73 Å². The van der Waals surface area contributed by atoms with Gasteiger partial charge in [-0.25, -0.2) is 9.50 Å². The normalized spacial score (nSPS) is 13.4. The van der Waals surface area contributed by atoms with Crippen LogP contribution < -0.4 is 5.73 Å². The first-order valence-electron chi connectivity index (χ1n) is 3.98. The Morgan fingerprint density at radius 1 is 1.62 bits per heavy atom. The molecule has 2 aromatic rings. The van der Waals surface area contributed by atoms with E-state index in [-0.39, 0.29) is 6.54 Å². The smallest absolute Gasteiger partial charge is 0.154 e. The number of nitrogens with zero attached hydrogens (tertiary/aromatic N) is 3. The van der Waals surface area contributed by atoms with Crippen molar-refractivity contribution in [3.8, 4) is 0 Å². The average Bonchev–Trinajstić information content (AvgIpc) is 2.63. The lowest BCUT2D eigenvalue weighted by Gasteiger charge is -2.06. The fourth-order valence-corrected chi connectivity index (χ4v) is 1.13. The molecule has 68 valence electrons. The van der Waals surface area contributed by atoms with Gasteiger partial charge < -0.3 is 10.8 Å². The predicted octanol–water partition coefficient (Wildman–Crippen LogP) is -0.279. The molecule has 2 aromatic heterocycles. The number of hydrogen-bond acceptors (Lipinski definition) is 4. The van der Waals surface area contributed by atoms with Crippen LogP contribution in [0.15, 0.2) is 24.7 Å². The molecule has 0 saturated carbocycles. The van der Waals surface area contributed by atoms with Crippen molar-refractivity contribution in [3.63, 3.8) is 0 Å². The minimum Gasteiger partial charge on any atom is -0.387 e. The largest absolute Gasteiger partial charge is 0.387 e. The van der Waals surface area contributed by atoms with Crippen LogP contribution in [0.3, 0.4) is 0 Å². The molecule has 1 atom stereocenters. The third kappa shape index (κ3) is 1.39. The molecule has 0 bridgehead atoms. The summed E-state index contributed by atoms with van der Waals surface area (Å²) in [4.78, 5) is 4.10. The molecule has 5 nitrogen and oxygen atoms in total. The molecular weight excluding hydrogens is 168 g/mol. The molecule has 3 N–H and O–H groups in total. The Hall–Kier alpha value is -1.46. The second kappa shape index (κ2) is 3.12. The minimum absolute atomic E-state index is 0.189. The zero-order valence-corrected chi connectivity index (χ0v) is 6.96. The summed E-state index contributed by atoms with van der Waals surface area (Å²) in [6.07, 6.45) is 4.32. The van der Waals surface area contributed by atoms with Gasteiger partial charge in [-0.15, -0.1) is 0 Å². The predicted molar refractivity (Wildman–Crippen MR) is 47.0 cm³/mol. The van der Waals surface area contributed by atoms with Crippen molar-refractivity contribution in [2.75, 3.05) is 6.54 Å². The van der Waals surface area contributed by atoms with E-state index in [1.165, 1.54) is 0 Å². The van der Waals surface area contributed by atoms with Crippen LogP contribution >= 0.6 is 0 Å². The van der Waals surface area contributed by atoms with Crippen LogP contribution in [0.5, 0.6) is 0 Å². The lowest BCUT2D eigenvalue weighted by molar-refractivity contribution is 0.185. The van der Waals surface area contributed by atoms with Crippen molar-refractivity contribution in [1.82, 2.24) is 14.6 Å². The molecule has 0 aliphatic heterocycles. The maximum absolute atomic E-state index is 9.42. The maximum atomic E-state index is 9.42. The van der Waals surface area contributed by atoms with Crippen molar-refractivity contribution in [2.45, 2.75) is 6.10 Å². The molecule has 2 rings (SSSR count). The van der Waals surface area contributed by atoms with Crippen LogP contribution in [0.25, 0.3) is 5.65 Å². The lowest BCUT2D eigenvalue weighted by Crippen LogP contribution is -2.12. The third-order valence-electron chi connectivity index (χ3n) is 1.87. The van der Waals surface area contributed by atoms with Crippen molar-refractivity contribution in [1.29, 1.82) is 0 Å². The Morgan fingerprint density at radius 2 is 2.46 bits per heavy atom. The van der Waals surface area contributed by atoms with Gasteiger partial charge in [-0.05, 0) is 0 Å². The van der Waals surface area contributed by atoms with E-state index in [1.54, 1.807) is 29.2 Å². The SMILES string of the molecule is NC[C@H](O)c1cnc2ccnn2c1. The van der Waals surface area contributed by atoms with Crippen LogP contribution in [-0.2, 0) is 0 Å². The maximum Gasteiger partial charge on any atom is 0.154 e. The molecule has 5 heteroatoms. The highest BCUT2D eigenvalue weighted by Crippen LogP contribution is 2.09. The Morgan fingerprint density at radius 3 is 3.23 bits per heavy atom. The average molecular weight is 178 g/mol. The Labute approximate surface area is 74.8 Å². The first-order valence-corrected chi connectivity index (χ1v) is 3.98. The molecule has 0 fully saturated rings. The van der Waals surface area contributed by atoms with E-state index in [0.29, 0.717) is 5.56 Å². The fraction of sp³-hybridized carbons (Fsp3) is 0.250. The van der Waals surface area contributed by atoms with Crippen molar-refractivity contribution in [3.05, 3.63) is 30.2 Å². The fourth-order valence-electron chi connectivity index (χ4n) is 1.13. The molecule has 0 spiro atoms. The first kappa shape index (κ1) is 8.15. The summed E-state index contributed by atoms with van der Waals surface area (Å²) < 4.78 is 1.61. The molecule has 0 saturated heterocycles. The van der Waals surface area contributed by atoms with E-state index in [1.807, 2.05) is 0 Å². The second-order valence-corrected chi connectivity index (χ2v) is 2.77. The van der Waals surface area contributed by atoms with E-state index in [9.17, 15) is 5.11 Å². The molecule has 0 aliphatic carbocycles. The number of nitrogens with two attached hydrogens (primary N) is 1. The van der Waals surface area contributed by atoms with Gasteiger partial charge in [0.05, 0.1) is 12.3 Å². The van der Waals surface area contributed by atoms with Crippen molar-refractivity contribution >= 4 is 5.65 Å². The number of hydrogen-bond donors (Lipinski definition) is 2. The zero-order chi connectivity index (χ0) is 9.26. The summed E-state index contributed by atoms with van der Waals surface area (Å²) in [6, 6.07) is 1.79. The molecule has 0 aliphatic rings. The molecule has 0 radical (unpaired) electrons. The number of aromatic nitrogens is 3. The second-order valence-electron chi connectivity index (χ2n) is 2.77. The number of aliphatic hydroxyl groups excluding tert-OH is 1. The number of aliphatic hydroxyl groups is 1. The van der Waals surface area contributed by atoms with Crippen LogP contribution in [0.2, 0.25) is 0 Å². The Bertz CT molecular complexity index is 411. The number of rotatable bonds is 2. The highest BCUT2D eigenvalue weighted by atomic mass is 16.3. The van der Waals surface area contributed by atoms with Gasteiger partial charge in [0.15, 0.2) is 5.65 Å². The topological polar surface area (TPSA) is 76.4 Å². The van der Waals surface area contributed by atoms with Gasteiger partial charge in [0.25, 0.3) is 0 Å². The van der Waals surface area contributed by atoms with Gasteiger partial charge in [-0.2, -0.15) is 5.10 Å². The summed E-state index contributed by atoms with van der Waals surface area (Å²) in [6.45, 7) is 0.189. The summed E-state index contributed by atoms with van der Waals surface area (Å²) in [5.41, 5.74) is 6.75. The van der Waals surface area contributed by atoms with Gasteiger partial charge in [0.1, 0.15) is 0 Å². The number of fused-ring (bicyclic) bond motifs is 1. The minimum atomic E-state index is -0.666. The van der Waals surface area contributed by atoms with E-state index in [0.717, 1.165) is 5.65 Å². The van der Waals surface area contributed by atoms with Crippen molar-refractivity contribution in [2.24, 2.45) is 5.73 Å². The lowest BCUT2D eigenvalue weighted by atomic mass is 10.2. The van der Waals surface area contributed by atoms with E-state index < -0.39 is 6.10 Å². The first-order chi connectivity index (χ1) is 6.31. The van der Waals surface area contributed by atoms with Crippen LogP contribution in [0.4, 0.5) is 0 Å². The molecular formula is C8H10N4O. The van der Waals surface area contributed by atoms with Gasteiger partial charge in [0.2, 0.25) is 0 Å². The molecule has 2 heterocycles. The van der Waals surface area contributed by atoms with E-state index >= 15 is 0 Å². The van der Waals surface area contributed by atoms with Gasteiger partial charge >= 0.3 is 0 Å². The summed E-state index contributed by atoms with van der Waals surface area (Å²) >= 11 is 0. The summed E-state index contributed by atoms with van der Waals surface area (Å²) in [7, 11) is 0. The molecule has 0 amide bonds. The highest BCUT2D eigenvalue weighted by molar-refractivity contribution is 5.36. The summed E-state index contributed by atoms with van der Waals surface area (Å²) in [5, 5.41) is 13.4. The van der Waals surface area contributed by atoms with Crippen LogP contribution in [0, 0.1) is 0 Å². The summed E-state index contributed by atoms with van der Waals surface area (Å²) in [5.74, 6) is 0. The van der Waals surface area contributed by atoms with Crippen LogP contribution in [0.1, 0.15) is 11.7 Å².